The summed E-state index contributed by atoms with van der Waals surface area (Å²) in [5, 5.41) is 0. The molecule has 0 atom stereocenters. The van der Waals surface area contributed by atoms with Crippen molar-refractivity contribution in [3.8, 4) is 0 Å². The molecule has 0 aromatic carbocycles. The summed E-state index contributed by atoms with van der Waals surface area (Å²) in [5.41, 5.74) is -0.0938. The van der Waals surface area contributed by atoms with Gasteiger partial charge in [-0.1, -0.05) is 41.5 Å². The molecule has 4 heteroatoms. The lowest BCUT2D eigenvalue weighted by Gasteiger charge is -2.41. The van der Waals surface area contributed by atoms with Gasteiger partial charge in [0.2, 0.25) is 5.92 Å². The van der Waals surface area contributed by atoms with E-state index in [2.05, 4.69) is 12.6 Å². The number of halogens is 3. The Bertz CT molecular complexity index is 156. The number of alkyl halides is 3. The second-order valence-electron chi connectivity index (χ2n) is 4.90. The summed E-state index contributed by atoms with van der Waals surface area (Å²) in [6.07, 6.45) is 4.15. The topological polar surface area (TPSA) is 0 Å². The Morgan fingerprint density at radius 3 is 1.16 bits per heavy atom. The van der Waals surface area contributed by atoms with Crippen molar-refractivity contribution < 1.29 is 13.2 Å². The molecular formula is C15H33F3S. The highest BCUT2D eigenvalue weighted by molar-refractivity contribution is 7.79. The molecule has 2 rings (SSSR count). The van der Waals surface area contributed by atoms with Gasteiger partial charge in [0.1, 0.15) is 6.17 Å². The fraction of sp³-hybridized carbons (Fsp3) is 1.00. The first-order chi connectivity index (χ1) is 8.81. The largest absolute Gasteiger partial charge is 0.249 e. The van der Waals surface area contributed by atoms with E-state index in [1.165, 1.54) is 0 Å². The van der Waals surface area contributed by atoms with Crippen molar-refractivity contribution in [2.45, 2.75) is 85.7 Å². The molecule has 120 valence electrons. The third-order valence-electron chi connectivity index (χ3n) is 2.51. The zero-order chi connectivity index (χ0) is 16.1. The molecule has 0 aliphatic heterocycles. The fourth-order valence-corrected chi connectivity index (χ4v) is 1.71. The predicted octanol–water partition coefficient (Wildman–Crippen LogP) is 6.55. The van der Waals surface area contributed by atoms with Crippen LogP contribution >= 0.6 is 12.6 Å². The molecule has 0 aromatic rings. The SMILES string of the molecule is CC.CC.CC1(C)CC(F)(F)C1.CS.FC1CCC1. The molecule has 0 unspecified atom stereocenters. The van der Waals surface area contributed by atoms with Crippen molar-refractivity contribution in [2.75, 3.05) is 6.26 Å². The van der Waals surface area contributed by atoms with Crippen molar-refractivity contribution >= 4 is 12.6 Å². The van der Waals surface area contributed by atoms with Crippen LogP contribution < -0.4 is 0 Å². The molecule has 0 aromatic heterocycles. The van der Waals surface area contributed by atoms with E-state index in [0.29, 0.717) is 0 Å². The van der Waals surface area contributed by atoms with Crippen molar-refractivity contribution in [2.24, 2.45) is 5.41 Å². The molecule has 2 aliphatic rings. The van der Waals surface area contributed by atoms with E-state index in [1.54, 1.807) is 6.26 Å². The van der Waals surface area contributed by atoms with Gasteiger partial charge in [0.25, 0.3) is 0 Å². The Kier molecular flexibility index (Phi) is 16.7. The van der Waals surface area contributed by atoms with E-state index >= 15 is 0 Å². The molecule has 2 aliphatic carbocycles. The molecular weight excluding hydrogens is 269 g/mol. The van der Waals surface area contributed by atoms with Crippen LogP contribution in [0.1, 0.15) is 73.6 Å². The van der Waals surface area contributed by atoms with Crippen molar-refractivity contribution in [3.63, 3.8) is 0 Å². The normalized spacial score (nSPS) is 21.0. The minimum atomic E-state index is -2.34. The molecule has 19 heavy (non-hydrogen) atoms. The van der Waals surface area contributed by atoms with Gasteiger partial charge in [0.05, 0.1) is 0 Å². The molecule has 0 saturated heterocycles. The van der Waals surface area contributed by atoms with Gasteiger partial charge in [-0.2, -0.15) is 12.6 Å². The van der Waals surface area contributed by atoms with Gasteiger partial charge in [-0.05, 0) is 30.9 Å². The van der Waals surface area contributed by atoms with Crippen molar-refractivity contribution in [1.82, 2.24) is 0 Å². The summed E-state index contributed by atoms with van der Waals surface area (Å²) < 4.78 is 35.6. The summed E-state index contributed by atoms with van der Waals surface area (Å²) in [4.78, 5) is 0. The van der Waals surface area contributed by atoms with Gasteiger partial charge in [-0.3, -0.25) is 0 Å². The maximum Gasteiger partial charge on any atom is 0.249 e. The summed E-state index contributed by atoms with van der Waals surface area (Å²) in [7, 11) is 0. The van der Waals surface area contributed by atoms with E-state index in [9.17, 15) is 13.2 Å². The highest BCUT2D eigenvalue weighted by Crippen LogP contribution is 2.50. The Hall–Kier alpha value is 0.140. The first-order valence-corrected chi connectivity index (χ1v) is 8.17. The standard InChI is InChI=1S/C6H10F2.C4H7F.2C2H6.CH4S/c1-5(2)3-6(7,8)4-5;5-4-2-1-3-4;3*1-2/h3-4H2,1-2H3;4H,1-3H2;2*1-2H3;2H,1H3. The Morgan fingerprint density at radius 1 is 0.895 bits per heavy atom. The monoisotopic (exact) mass is 302 g/mol. The van der Waals surface area contributed by atoms with Crippen molar-refractivity contribution in [3.05, 3.63) is 0 Å². The van der Waals surface area contributed by atoms with Crippen LogP contribution in [0.25, 0.3) is 0 Å². The van der Waals surface area contributed by atoms with Gasteiger partial charge in [-0.25, -0.2) is 13.2 Å². The molecule has 0 radical (unpaired) electrons. The summed E-state index contributed by atoms with van der Waals surface area (Å²) in [6, 6.07) is 0. The number of hydrogen-bond donors (Lipinski definition) is 1. The third-order valence-corrected chi connectivity index (χ3v) is 2.51. The van der Waals surface area contributed by atoms with Gasteiger partial charge in [0.15, 0.2) is 0 Å². The first-order valence-electron chi connectivity index (χ1n) is 7.27. The van der Waals surface area contributed by atoms with Crippen LogP contribution in [0, 0.1) is 5.41 Å². The predicted molar refractivity (Wildman–Crippen MR) is 84.3 cm³/mol. The average Bonchev–Trinajstić information content (AvgIpc) is 2.31. The number of thiol groups is 1. The molecule has 0 heterocycles. The maximum absolute atomic E-state index is 12.0. The highest BCUT2D eigenvalue weighted by Gasteiger charge is 2.50. The van der Waals surface area contributed by atoms with Crippen LogP contribution in [0.2, 0.25) is 0 Å². The number of hydrogen-bond acceptors (Lipinski definition) is 1. The van der Waals surface area contributed by atoms with Crippen molar-refractivity contribution in [1.29, 1.82) is 0 Å². The second-order valence-corrected chi connectivity index (χ2v) is 4.90. The molecule has 0 bridgehead atoms. The van der Waals surface area contributed by atoms with Crippen LogP contribution in [0.4, 0.5) is 13.2 Å². The molecule has 0 spiro atoms. The van der Waals surface area contributed by atoms with Crippen LogP contribution in [-0.4, -0.2) is 18.3 Å². The second kappa shape index (κ2) is 13.1. The van der Waals surface area contributed by atoms with E-state index < -0.39 is 12.1 Å². The van der Waals surface area contributed by atoms with E-state index in [1.807, 2.05) is 41.5 Å². The molecule has 2 saturated carbocycles. The summed E-state index contributed by atoms with van der Waals surface area (Å²) in [5.74, 6) is -2.34. The minimum Gasteiger partial charge on any atom is -0.247 e. The Labute approximate surface area is 124 Å². The summed E-state index contributed by atoms with van der Waals surface area (Å²) >= 11 is 3.53. The third kappa shape index (κ3) is 14.4. The maximum atomic E-state index is 12.0. The fourth-order valence-electron chi connectivity index (χ4n) is 1.71. The zero-order valence-corrected chi connectivity index (χ0v) is 14.6. The van der Waals surface area contributed by atoms with E-state index in [0.717, 1.165) is 19.3 Å². The first kappa shape index (κ1) is 24.2. The zero-order valence-electron chi connectivity index (χ0n) is 13.7. The molecule has 0 N–H and O–H groups in total. The van der Waals surface area contributed by atoms with Crippen LogP contribution in [-0.2, 0) is 0 Å². The number of rotatable bonds is 0. The van der Waals surface area contributed by atoms with Gasteiger partial charge in [-0.15, -0.1) is 0 Å². The van der Waals surface area contributed by atoms with Crippen LogP contribution in [0.3, 0.4) is 0 Å². The van der Waals surface area contributed by atoms with E-state index in [4.69, 9.17) is 0 Å². The highest BCUT2D eigenvalue weighted by atomic mass is 32.1. The summed E-state index contributed by atoms with van der Waals surface area (Å²) in [6.45, 7) is 11.7. The molecule has 0 nitrogen and oxygen atoms in total. The van der Waals surface area contributed by atoms with E-state index in [-0.39, 0.29) is 18.3 Å². The van der Waals surface area contributed by atoms with Crippen LogP contribution in [0.15, 0.2) is 0 Å². The lowest BCUT2D eigenvalue weighted by molar-refractivity contribution is -0.146. The average molecular weight is 302 g/mol. The van der Waals surface area contributed by atoms with Gasteiger partial charge >= 0.3 is 0 Å². The Balaban J connectivity index is -0.000000202. The van der Waals surface area contributed by atoms with Crippen LogP contribution in [0.5, 0.6) is 0 Å². The lowest BCUT2D eigenvalue weighted by Crippen LogP contribution is -2.41. The van der Waals surface area contributed by atoms with Gasteiger partial charge < -0.3 is 0 Å². The Morgan fingerprint density at radius 2 is 1.16 bits per heavy atom. The lowest BCUT2D eigenvalue weighted by atomic mass is 9.69. The molecule has 2 fully saturated rings. The minimum absolute atomic E-state index is 0.0694. The smallest absolute Gasteiger partial charge is 0.247 e. The molecule has 0 amide bonds. The van der Waals surface area contributed by atoms with Gasteiger partial charge in [0, 0.05) is 12.8 Å². The quantitative estimate of drug-likeness (QED) is 0.482.